The second-order valence-electron chi connectivity index (χ2n) is 7.14. The monoisotopic (exact) mass is 440 g/mol. The average molecular weight is 441 g/mol. The van der Waals surface area contributed by atoms with E-state index in [1.165, 1.54) is 16.7 Å². The minimum atomic E-state index is -0.379. The third-order valence-electron chi connectivity index (χ3n) is 5.09. The van der Waals surface area contributed by atoms with Crippen LogP contribution in [0, 0.1) is 0 Å². The molecule has 1 aliphatic rings. The molecule has 1 aliphatic heterocycles. The van der Waals surface area contributed by atoms with Gasteiger partial charge in [-0.15, -0.1) is 10.2 Å². The first-order valence-corrected chi connectivity index (χ1v) is 11.0. The Morgan fingerprint density at radius 3 is 2.53 bits per heavy atom. The molecular weight excluding hydrogens is 420 g/mol. The van der Waals surface area contributed by atoms with Gasteiger partial charge in [-0.2, -0.15) is 0 Å². The van der Waals surface area contributed by atoms with E-state index in [2.05, 4.69) is 10.2 Å². The highest BCUT2D eigenvalue weighted by Gasteiger charge is 2.33. The zero-order valence-corrected chi connectivity index (χ0v) is 18.1. The first-order chi connectivity index (χ1) is 14.5. The van der Waals surface area contributed by atoms with Gasteiger partial charge in [-0.3, -0.25) is 14.5 Å². The summed E-state index contributed by atoms with van der Waals surface area (Å²) in [6, 6.07) is 16.4. The van der Waals surface area contributed by atoms with Crippen LogP contribution in [0.15, 0.2) is 59.8 Å². The Morgan fingerprint density at radius 2 is 1.80 bits per heavy atom. The van der Waals surface area contributed by atoms with Gasteiger partial charge in [-0.25, -0.2) is 0 Å². The lowest BCUT2D eigenvalue weighted by Gasteiger charge is -2.22. The maximum absolute atomic E-state index is 13.2. The van der Waals surface area contributed by atoms with E-state index in [-0.39, 0.29) is 17.1 Å². The van der Waals surface area contributed by atoms with Gasteiger partial charge in [0.15, 0.2) is 11.0 Å². The van der Waals surface area contributed by atoms with Crippen molar-refractivity contribution in [1.82, 2.24) is 19.7 Å². The molecule has 0 N–H and O–H groups in total. The number of imide groups is 1. The number of halogens is 1. The average Bonchev–Trinajstić information content (AvgIpc) is 3.02. The molecule has 0 saturated carbocycles. The zero-order valence-electron chi connectivity index (χ0n) is 16.5. The molecule has 0 aliphatic carbocycles. The molecule has 1 aromatic heterocycles. The smallest absolute Gasteiger partial charge is 0.260 e. The number of carbonyl (C=O) groups is 2. The van der Waals surface area contributed by atoms with Crippen LogP contribution in [0.4, 0.5) is 0 Å². The maximum Gasteiger partial charge on any atom is 0.260 e. The molecule has 4 rings (SSSR count). The van der Waals surface area contributed by atoms with Crippen molar-refractivity contribution >= 4 is 35.2 Å². The van der Waals surface area contributed by atoms with Gasteiger partial charge in [-0.1, -0.05) is 60.1 Å². The molecule has 2 heterocycles. The molecule has 30 heavy (non-hydrogen) atoms. The van der Waals surface area contributed by atoms with Crippen LogP contribution >= 0.6 is 23.4 Å². The fourth-order valence-electron chi connectivity index (χ4n) is 3.45. The van der Waals surface area contributed by atoms with Crippen LogP contribution in [0.5, 0.6) is 0 Å². The Labute approximate surface area is 184 Å². The van der Waals surface area contributed by atoms with Crippen molar-refractivity contribution in [2.24, 2.45) is 7.05 Å². The summed E-state index contributed by atoms with van der Waals surface area (Å²) >= 11 is 7.29. The number of rotatable bonds is 4. The van der Waals surface area contributed by atoms with E-state index < -0.39 is 0 Å². The summed E-state index contributed by atoms with van der Waals surface area (Å²) in [6.45, 7) is 0.422. The molecule has 1 saturated heterocycles. The third-order valence-corrected chi connectivity index (χ3v) is 6.63. The summed E-state index contributed by atoms with van der Waals surface area (Å²) in [5.74, 6) is 0.280. The number of thioether (sulfide) groups is 1. The summed E-state index contributed by atoms with van der Waals surface area (Å²) in [4.78, 5) is 27.5. The van der Waals surface area contributed by atoms with Crippen LogP contribution in [0.25, 0.3) is 11.4 Å². The molecule has 6 nitrogen and oxygen atoms in total. The standard InChI is InChI=1S/C22H21ClN4O2S/c1-26-19(15-7-3-2-4-8-15)24-25-22(26)30-18-9-5-6-14-27(21(18)29)20(28)16-10-12-17(23)13-11-16/h2-4,7-8,10-13,18H,5-6,9,14H2,1H3/t18-/m1/s1. The lowest BCUT2D eigenvalue weighted by molar-refractivity contribution is -0.127. The Balaban J connectivity index is 1.54. The number of carbonyl (C=O) groups excluding carboxylic acids is 2. The molecular formula is C22H21ClN4O2S. The van der Waals surface area contributed by atoms with E-state index in [0.717, 1.165) is 24.2 Å². The molecule has 3 aromatic rings. The minimum absolute atomic E-state index is 0.179. The van der Waals surface area contributed by atoms with E-state index in [9.17, 15) is 9.59 Å². The number of amides is 2. The van der Waals surface area contributed by atoms with Crippen LogP contribution < -0.4 is 0 Å². The second-order valence-corrected chi connectivity index (χ2v) is 8.74. The van der Waals surface area contributed by atoms with Crippen molar-refractivity contribution in [3.63, 3.8) is 0 Å². The minimum Gasteiger partial charge on any atom is -0.305 e. The van der Waals surface area contributed by atoms with Gasteiger partial charge in [-0.05, 0) is 37.1 Å². The van der Waals surface area contributed by atoms with E-state index >= 15 is 0 Å². The summed E-state index contributed by atoms with van der Waals surface area (Å²) < 4.78 is 1.89. The summed E-state index contributed by atoms with van der Waals surface area (Å²) in [5, 5.41) is 9.43. The molecule has 2 amide bonds. The van der Waals surface area contributed by atoms with Crippen molar-refractivity contribution in [3.05, 3.63) is 65.2 Å². The first-order valence-electron chi connectivity index (χ1n) is 9.77. The van der Waals surface area contributed by atoms with Crippen LogP contribution in [-0.4, -0.2) is 43.3 Å². The Hall–Kier alpha value is -2.64. The molecule has 154 valence electrons. The van der Waals surface area contributed by atoms with Gasteiger partial charge in [0.1, 0.15) is 0 Å². The Morgan fingerprint density at radius 1 is 1.07 bits per heavy atom. The third kappa shape index (κ3) is 4.27. The van der Waals surface area contributed by atoms with Gasteiger partial charge >= 0.3 is 0 Å². The second kappa shape index (κ2) is 9.02. The SMILES string of the molecule is Cn1c(S[C@@H]2CCCCN(C(=O)c3ccc(Cl)cc3)C2=O)nnc1-c1ccccc1. The fourth-order valence-corrected chi connectivity index (χ4v) is 4.68. The van der Waals surface area contributed by atoms with Crippen molar-refractivity contribution in [1.29, 1.82) is 0 Å². The predicted octanol–water partition coefficient (Wildman–Crippen LogP) is 4.45. The van der Waals surface area contributed by atoms with Crippen molar-refractivity contribution in [3.8, 4) is 11.4 Å². The quantitative estimate of drug-likeness (QED) is 0.560. The largest absolute Gasteiger partial charge is 0.305 e. The van der Waals surface area contributed by atoms with Crippen molar-refractivity contribution < 1.29 is 9.59 Å². The topological polar surface area (TPSA) is 68.1 Å². The van der Waals surface area contributed by atoms with Gasteiger partial charge in [0.05, 0.1) is 5.25 Å². The number of hydrogen-bond donors (Lipinski definition) is 0. The number of aromatic nitrogens is 3. The van der Waals surface area contributed by atoms with Crippen LogP contribution in [0.2, 0.25) is 5.02 Å². The van der Waals surface area contributed by atoms with E-state index in [0.29, 0.717) is 28.7 Å². The number of likely N-dealkylation sites (tertiary alicyclic amines) is 1. The van der Waals surface area contributed by atoms with Gasteiger partial charge in [0, 0.05) is 29.7 Å². The highest BCUT2D eigenvalue weighted by atomic mass is 35.5. The molecule has 0 radical (unpaired) electrons. The summed E-state index contributed by atoms with van der Waals surface area (Å²) in [5.41, 5.74) is 1.43. The molecule has 0 bridgehead atoms. The summed E-state index contributed by atoms with van der Waals surface area (Å²) in [6.07, 6.45) is 2.36. The molecule has 0 spiro atoms. The van der Waals surface area contributed by atoms with Crippen LogP contribution in [-0.2, 0) is 11.8 Å². The highest BCUT2D eigenvalue weighted by molar-refractivity contribution is 8.00. The Kier molecular flexibility index (Phi) is 6.20. The predicted molar refractivity (Wildman–Crippen MR) is 117 cm³/mol. The number of hydrogen-bond acceptors (Lipinski definition) is 5. The summed E-state index contributed by atoms with van der Waals surface area (Å²) in [7, 11) is 1.89. The molecule has 1 fully saturated rings. The first kappa shape index (κ1) is 20.6. The lowest BCUT2D eigenvalue weighted by atomic mass is 10.2. The van der Waals surface area contributed by atoms with Crippen molar-refractivity contribution in [2.45, 2.75) is 29.7 Å². The van der Waals surface area contributed by atoms with Gasteiger partial charge in [0.25, 0.3) is 5.91 Å². The van der Waals surface area contributed by atoms with E-state index in [1.54, 1.807) is 24.3 Å². The highest BCUT2D eigenvalue weighted by Crippen LogP contribution is 2.31. The van der Waals surface area contributed by atoms with Gasteiger partial charge < -0.3 is 4.57 Å². The molecule has 2 aromatic carbocycles. The van der Waals surface area contributed by atoms with Gasteiger partial charge in [0.2, 0.25) is 5.91 Å². The number of benzene rings is 2. The van der Waals surface area contributed by atoms with Crippen LogP contribution in [0.3, 0.4) is 0 Å². The fraction of sp³-hybridized carbons (Fsp3) is 0.273. The Bertz CT molecular complexity index is 1050. The molecule has 1 atom stereocenters. The van der Waals surface area contributed by atoms with Crippen molar-refractivity contribution in [2.75, 3.05) is 6.54 Å². The maximum atomic E-state index is 13.2. The van der Waals surface area contributed by atoms with Crippen LogP contribution in [0.1, 0.15) is 29.6 Å². The van der Waals surface area contributed by atoms with E-state index in [4.69, 9.17) is 11.6 Å². The zero-order chi connectivity index (χ0) is 21.1. The molecule has 8 heteroatoms. The lowest BCUT2D eigenvalue weighted by Crippen LogP contribution is -2.41. The molecule has 0 unspecified atom stereocenters. The number of nitrogens with zero attached hydrogens (tertiary/aromatic N) is 4. The normalized spacial score (nSPS) is 17.1. The van der Waals surface area contributed by atoms with E-state index in [1.807, 2.05) is 41.9 Å².